The van der Waals surface area contributed by atoms with Crippen molar-refractivity contribution in [2.45, 2.75) is 216 Å². The van der Waals surface area contributed by atoms with Crippen LogP contribution in [0.4, 0.5) is 5.82 Å². The molecule has 0 aliphatic carbocycles. The number of nitrogens with two attached hydrogens (primary N) is 1. The van der Waals surface area contributed by atoms with Crippen LogP contribution in [0.1, 0.15) is 123 Å². The number of fused-ring (bicyclic) bond motifs is 2. The third-order valence-corrected chi connectivity index (χ3v) is 28.7. The van der Waals surface area contributed by atoms with Crippen LogP contribution in [0.25, 0.3) is 0 Å². The van der Waals surface area contributed by atoms with E-state index >= 15 is 0 Å². The van der Waals surface area contributed by atoms with Gasteiger partial charge in [-0.25, -0.2) is 28.8 Å². The summed E-state index contributed by atoms with van der Waals surface area (Å²) in [6, 6.07) is 0. The number of aromatic amines is 5. The maximum absolute atomic E-state index is 14.7. The molecular formula is C63H79N13O34P5S5-5. The number of rotatable bonds is 32. The molecule has 120 heavy (non-hydrogen) atoms. The van der Waals surface area contributed by atoms with E-state index in [4.69, 9.17) is 144 Å². The van der Waals surface area contributed by atoms with Gasteiger partial charge in [-0.15, -0.1) is 0 Å². The highest BCUT2D eigenvalue weighted by Gasteiger charge is 2.66. The Morgan fingerprint density at radius 2 is 0.758 bits per heavy atom. The maximum atomic E-state index is 14.7. The van der Waals surface area contributed by atoms with Gasteiger partial charge in [-0.3, -0.25) is 80.9 Å². The third-order valence-electron chi connectivity index (χ3n) is 20.9. The van der Waals surface area contributed by atoms with E-state index in [0.717, 1.165) is 39.8 Å². The Kier molecular flexibility index (Phi) is 27.6. The van der Waals surface area contributed by atoms with E-state index in [2.05, 4.69) is 29.9 Å². The monoisotopic (exact) mass is 1880 g/mol. The Morgan fingerprint density at radius 1 is 0.467 bits per heavy atom. The first-order valence-corrected chi connectivity index (χ1v) is 49.4. The van der Waals surface area contributed by atoms with Crippen molar-refractivity contribution in [1.82, 2.24) is 57.3 Å². The van der Waals surface area contributed by atoms with Gasteiger partial charge in [0.1, 0.15) is 106 Å². The number of nitrogen functional groups attached to an aromatic ring is 1. The van der Waals surface area contributed by atoms with Gasteiger partial charge in [0.15, 0.2) is 13.0 Å². The highest BCUT2D eigenvalue weighted by atomic mass is 32.7. The van der Waals surface area contributed by atoms with Crippen LogP contribution in [0.5, 0.6) is 0 Å². The molecule has 7 aliphatic rings. The standard InChI is InChI=1S/C63H84N13O34P5S5/c1-9-33-34(10-43(100-33)72-16-27(3)51(78)66-58(72)84)106-111(89,116)94-21-40-36(12-45(102-40)73-17-28(4)52(79)67-59(73)85)108-113(91,118)96-23-41-37(13-46(103-41)74-18-29(5)53(80)68-60(74)86)109-112(90,117)95-22-39-35(11-44(101-39)71-15-26(2)50(64)65-57(71)83)107-114(92,119)97-24-42-38(14-47(104-42)75-19-30(6)54(81)69-61(75)87)110-115(93,120)98-25-63-32(8)99-48(49(63)77)56(105-63)76-20-31(7)55(82)70-62(76)88/h15-20,32-49,56,77H,9-14,21-25H2,1-8H3,(H,89,116)(H,90,117)(H,91,118)(H,92,119)(H,93,120)(H2,64,65,83)(H,66,78,84)(H,67,79,85)(H,68,80,86)(H,69,81,87)(H,70,82,88)/p-5/t32-,33+,34?,35?,36?,37?,38?,39+,40+,41+,42+,43+,44+,45+,46+,47+,48-,49?,56+,63-,111?,112?,113?,114?,115?/m0/s1. The number of hydrogen-bond acceptors (Lipinski definition) is 41. The third kappa shape index (κ3) is 20.4. The number of nitrogens with zero attached hydrogens (tertiary/aromatic N) is 7. The highest BCUT2D eigenvalue weighted by molar-refractivity contribution is 8.32. The quantitative estimate of drug-likeness (QED) is 0.0161. The summed E-state index contributed by atoms with van der Waals surface area (Å²) in [6.07, 6.45) is -20.3. The summed E-state index contributed by atoms with van der Waals surface area (Å²) < 4.78 is 122. The van der Waals surface area contributed by atoms with Crippen LogP contribution >= 0.6 is 33.7 Å². The zero-order valence-corrected chi connectivity index (χ0v) is 72.7. The molecule has 0 amide bonds. The lowest BCUT2D eigenvalue weighted by Gasteiger charge is -2.39. The zero-order valence-electron chi connectivity index (χ0n) is 64.1. The van der Waals surface area contributed by atoms with Crippen LogP contribution in [-0.4, -0.2) is 180 Å². The SMILES string of the molecule is CC[C@H]1O[C@@H](n2cc(C)c(=O)[nH]c2=O)CC1OP([O-])(=S)OC[C@H]1O[C@@H](n2cc(C)c(=O)[nH]c2=O)CC1OP(=O)([S-])OC[C@H]1O[C@@H](n2cc(C)c(=O)[nH]c2=O)CC1OP([O-])(=S)OC[C@H]1O[C@@H](n2cc(C)c(N)nc2=O)CC1OP([O-])(=S)OC[C@H]1O[C@@H](n2cc(C)c(=O)[nH]c2=O)CC1OP([O-])(=S)OC[C@]12O[C@@H](n3cc(C)c(=O)[nH]c3=O)[C@@H](O[C@H]1C)C2O. The van der Waals surface area contributed by atoms with E-state index in [9.17, 15) is 82.0 Å². The molecule has 2 bridgehead atoms. The average molecular weight is 1880 g/mol. The second kappa shape index (κ2) is 36.0. The van der Waals surface area contributed by atoms with Crippen LogP contribution in [0.3, 0.4) is 0 Å². The molecule has 6 aromatic rings. The van der Waals surface area contributed by atoms with Gasteiger partial charge in [0.2, 0.25) is 0 Å². The first-order chi connectivity index (χ1) is 56.2. The summed E-state index contributed by atoms with van der Waals surface area (Å²) >= 11 is 27.0. The number of aliphatic hydroxyl groups excluding tert-OH is 1. The van der Waals surface area contributed by atoms with Crippen molar-refractivity contribution >= 4 is 99.0 Å². The molecule has 0 spiro atoms. The Hall–Kier alpha value is -5.62. The molecule has 25 atom stereocenters. The molecule has 660 valence electrons. The molecule has 6 aromatic heterocycles. The molecule has 8 N–H and O–H groups in total. The molecule has 0 radical (unpaired) electrons. The van der Waals surface area contributed by atoms with Gasteiger partial charge in [-0.05, 0) is 54.9 Å². The smallest absolute Gasteiger partial charge is 0.351 e. The van der Waals surface area contributed by atoms with E-state index in [1.165, 1.54) is 73.3 Å². The van der Waals surface area contributed by atoms with Gasteiger partial charge in [0.25, 0.3) is 27.8 Å². The van der Waals surface area contributed by atoms with Crippen LogP contribution in [-0.2, 0) is 142 Å². The van der Waals surface area contributed by atoms with Crippen molar-refractivity contribution in [3.8, 4) is 0 Å². The average Bonchev–Trinajstić information content (AvgIpc) is 1.55. The molecular weight excluding hydrogens is 1800 g/mol. The molecule has 57 heteroatoms. The fourth-order valence-electron chi connectivity index (χ4n) is 14.5. The fourth-order valence-corrected chi connectivity index (χ4v) is 21.8. The summed E-state index contributed by atoms with van der Waals surface area (Å²) in [7, 11) is 0. The van der Waals surface area contributed by atoms with Crippen molar-refractivity contribution in [3.05, 3.63) is 185 Å². The predicted octanol–water partition coefficient (Wildman–Crippen LogP) is -3.31. The van der Waals surface area contributed by atoms with Gasteiger partial charge in [-0.2, -0.15) is 4.98 Å². The summed E-state index contributed by atoms with van der Waals surface area (Å²) in [4.78, 5) is 214. The summed E-state index contributed by atoms with van der Waals surface area (Å²) in [5, 5.41) is 11.5. The Balaban J connectivity index is 0.702. The number of aromatic nitrogens is 12. The zero-order chi connectivity index (χ0) is 87.1. The summed E-state index contributed by atoms with van der Waals surface area (Å²) in [5.74, 6) is -0.152. The van der Waals surface area contributed by atoms with Crippen molar-refractivity contribution < 1.29 is 108 Å². The number of hydrogen-bond donors (Lipinski definition) is 7. The van der Waals surface area contributed by atoms with E-state index in [1.54, 1.807) is 6.92 Å². The van der Waals surface area contributed by atoms with Crippen molar-refractivity contribution in [1.29, 1.82) is 0 Å². The van der Waals surface area contributed by atoms with Crippen molar-refractivity contribution in [3.63, 3.8) is 0 Å². The Bertz CT molecular complexity index is 5920. The Labute approximate surface area is 700 Å². The fraction of sp³-hybridized carbons (Fsp3) is 0.619. The number of nitrogens with one attached hydrogen (secondary N) is 5. The molecule has 0 saturated carbocycles. The minimum atomic E-state index is -5.01. The Morgan fingerprint density at radius 3 is 1.12 bits per heavy atom. The molecule has 7 fully saturated rings. The normalized spacial score (nSPS) is 31.7. The van der Waals surface area contributed by atoms with Gasteiger partial charge in [-0.1, -0.05) is 54.2 Å². The van der Waals surface area contributed by atoms with E-state index < -0.39 is 277 Å². The van der Waals surface area contributed by atoms with Gasteiger partial charge in [0.05, 0.1) is 75.8 Å². The number of anilines is 1. The first kappa shape index (κ1) is 92.1. The lowest BCUT2D eigenvalue weighted by Crippen LogP contribution is -2.50. The number of aryl methyl sites for hydroxylation is 6. The van der Waals surface area contributed by atoms with Gasteiger partial charge < -0.3 is 121 Å². The van der Waals surface area contributed by atoms with Gasteiger partial charge >= 0.3 is 34.1 Å². The summed E-state index contributed by atoms with van der Waals surface area (Å²) in [6.45, 7) is -16.9. The molecule has 13 rings (SSSR count). The largest absolute Gasteiger partial charge is 0.780 e. The molecule has 7 saturated heterocycles. The predicted molar refractivity (Wildman–Crippen MR) is 420 cm³/mol. The van der Waals surface area contributed by atoms with Crippen LogP contribution in [0.2, 0.25) is 0 Å². The number of ether oxygens (including phenoxy) is 7. The maximum Gasteiger partial charge on any atom is 0.351 e. The van der Waals surface area contributed by atoms with Crippen LogP contribution in [0.15, 0.2) is 89.9 Å². The number of H-pyrrole nitrogens is 5. The minimum Gasteiger partial charge on any atom is -0.780 e. The van der Waals surface area contributed by atoms with Crippen LogP contribution in [0, 0.1) is 41.5 Å². The van der Waals surface area contributed by atoms with Gasteiger partial charge in [0, 0.05) is 103 Å². The second-order valence-electron chi connectivity index (χ2n) is 29.2. The number of aliphatic hydroxyl groups is 1. The molecule has 13 heterocycles. The molecule has 0 aromatic carbocycles. The first-order valence-electron chi connectivity index (χ1n) is 36.6. The van der Waals surface area contributed by atoms with Crippen molar-refractivity contribution in [2.75, 3.05) is 38.8 Å². The summed E-state index contributed by atoms with van der Waals surface area (Å²) in [5.41, 5.74) is -4.30. The lowest BCUT2D eigenvalue weighted by atomic mass is 9.94. The van der Waals surface area contributed by atoms with E-state index in [-0.39, 0.29) is 52.0 Å². The minimum absolute atomic E-state index is 0.0172. The highest BCUT2D eigenvalue weighted by Crippen LogP contribution is 2.56. The second-order valence-corrected chi connectivity index (χ2v) is 42.7. The lowest BCUT2D eigenvalue weighted by molar-refractivity contribution is -0.238. The topological polar surface area (TPSA) is 622 Å². The van der Waals surface area contributed by atoms with E-state index in [1.807, 2.05) is 0 Å². The molecule has 7 aliphatic heterocycles. The van der Waals surface area contributed by atoms with E-state index in [0.29, 0.717) is 0 Å². The molecule has 47 nitrogen and oxygen atoms in total. The molecule has 11 unspecified atom stereocenters. The van der Waals surface area contributed by atoms with Crippen molar-refractivity contribution in [2.24, 2.45) is 0 Å². The van der Waals surface area contributed by atoms with Crippen LogP contribution < -0.4 is 87.2 Å².